The van der Waals surface area contributed by atoms with E-state index < -0.39 is 10.0 Å². The largest absolute Gasteiger partial charge is 0.319 e. The van der Waals surface area contributed by atoms with Gasteiger partial charge in [0.1, 0.15) is 4.21 Å². The fourth-order valence-electron chi connectivity index (χ4n) is 2.46. The first kappa shape index (κ1) is 17.9. The van der Waals surface area contributed by atoms with Crippen molar-refractivity contribution >= 4 is 33.8 Å². The van der Waals surface area contributed by atoms with Crippen molar-refractivity contribution in [3.05, 3.63) is 17.0 Å². The first-order valence-corrected chi connectivity index (χ1v) is 9.07. The van der Waals surface area contributed by atoms with Crippen LogP contribution < -0.4 is 5.32 Å². The van der Waals surface area contributed by atoms with Crippen LogP contribution in [0.15, 0.2) is 16.3 Å². The summed E-state index contributed by atoms with van der Waals surface area (Å²) < 4.78 is 27.1. The van der Waals surface area contributed by atoms with Crippen molar-refractivity contribution in [2.45, 2.75) is 30.4 Å². The summed E-state index contributed by atoms with van der Waals surface area (Å²) in [6.07, 6.45) is 2.79. The zero-order valence-electron chi connectivity index (χ0n) is 12.0. The number of sulfonamides is 1. The van der Waals surface area contributed by atoms with Gasteiger partial charge in [-0.2, -0.15) is 4.31 Å². The Kier molecular flexibility index (Phi) is 6.94. The molecule has 0 saturated carbocycles. The first-order chi connectivity index (χ1) is 9.07. The van der Waals surface area contributed by atoms with Crippen LogP contribution in [0.5, 0.6) is 0 Å². The fraction of sp³-hybridized carbons (Fsp3) is 0.692. The van der Waals surface area contributed by atoms with Crippen LogP contribution in [-0.2, 0) is 16.4 Å². The predicted molar refractivity (Wildman–Crippen MR) is 86.4 cm³/mol. The maximum atomic E-state index is 12.5. The Balaban J connectivity index is 0.00000200. The highest BCUT2D eigenvalue weighted by atomic mass is 35.5. The molecule has 0 radical (unpaired) electrons. The highest BCUT2D eigenvalue weighted by Crippen LogP contribution is 2.28. The summed E-state index contributed by atoms with van der Waals surface area (Å²) in [6.45, 7) is 4.32. The lowest BCUT2D eigenvalue weighted by molar-refractivity contribution is 0.271. The predicted octanol–water partition coefficient (Wildman–Crippen LogP) is 2.35. The molecule has 2 rings (SSSR count). The standard InChI is InChI=1S/C13H22N2O2S2.ClH/c1-3-12-4-5-13(18-12)19(16,17)15-8-6-11(7-9-15)10-14-2;/h4-5,11,14H,3,6-10H2,1-2H3;1H. The van der Waals surface area contributed by atoms with Gasteiger partial charge in [0, 0.05) is 18.0 Å². The van der Waals surface area contributed by atoms with Crippen molar-refractivity contribution in [2.24, 2.45) is 5.92 Å². The van der Waals surface area contributed by atoms with Crippen molar-refractivity contribution in [3.8, 4) is 0 Å². The molecule has 116 valence electrons. The number of rotatable bonds is 5. The lowest BCUT2D eigenvalue weighted by Gasteiger charge is -2.30. The minimum absolute atomic E-state index is 0. The Morgan fingerprint density at radius 1 is 1.35 bits per heavy atom. The molecule has 1 fully saturated rings. The number of piperidine rings is 1. The molecule has 0 spiro atoms. The Bertz CT molecular complexity index is 508. The summed E-state index contributed by atoms with van der Waals surface area (Å²) in [7, 11) is -1.31. The maximum absolute atomic E-state index is 12.5. The van der Waals surface area contributed by atoms with Crippen LogP contribution in [0.4, 0.5) is 0 Å². The van der Waals surface area contributed by atoms with E-state index in [1.165, 1.54) is 11.3 Å². The topological polar surface area (TPSA) is 49.4 Å². The van der Waals surface area contributed by atoms with E-state index in [4.69, 9.17) is 0 Å². The van der Waals surface area contributed by atoms with E-state index in [-0.39, 0.29) is 12.4 Å². The Labute approximate surface area is 132 Å². The quantitative estimate of drug-likeness (QED) is 0.896. The van der Waals surface area contributed by atoms with Crippen LogP contribution in [0.25, 0.3) is 0 Å². The SMILES string of the molecule is CCc1ccc(S(=O)(=O)N2CCC(CNC)CC2)s1.Cl. The van der Waals surface area contributed by atoms with E-state index in [1.54, 1.807) is 10.4 Å². The van der Waals surface area contributed by atoms with Crippen LogP contribution >= 0.6 is 23.7 Å². The molecule has 0 aliphatic carbocycles. The van der Waals surface area contributed by atoms with Crippen molar-refractivity contribution < 1.29 is 8.42 Å². The zero-order valence-corrected chi connectivity index (χ0v) is 14.4. The molecule has 4 nitrogen and oxygen atoms in total. The third-order valence-electron chi connectivity index (χ3n) is 3.65. The smallest absolute Gasteiger partial charge is 0.252 e. The molecular formula is C13H23ClN2O2S2. The molecule has 1 N–H and O–H groups in total. The molecule has 0 aromatic carbocycles. The lowest BCUT2D eigenvalue weighted by Crippen LogP contribution is -2.40. The second-order valence-corrected chi connectivity index (χ2v) is 8.31. The molecule has 1 aromatic heterocycles. The Morgan fingerprint density at radius 2 is 2.00 bits per heavy atom. The van der Waals surface area contributed by atoms with E-state index >= 15 is 0 Å². The second-order valence-electron chi connectivity index (χ2n) is 4.98. The van der Waals surface area contributed by atoms with E-state index in [0.717, 1.165) is 30.7 Å². The maximum Gasteiger partial charge on any atom is 0.252 e. The Morgan fingerprint density at radius 3 is 2.50 bits per heavy atom. The van der Waals surface area contributed by atoms with Crippen LogP contribution in [-0.4, -0.2) is 39.4 Å². The van der Waals surface area contributed by atoms with E-state index in [2.05, 4.69) is 5.32 Å². The minimum Gasteiger partial charge on any atom is -0.319 e. The van der Waals surface area contributed by atoms with Crippen LogP contribution in [0, 0.1) is 5.92 Å². The molecular weight excluding hydrogens is 316 g/mol. The van der Waals surface area contributed by atoms with Crippen molar-refractivity contribution in [1.29, 1.82) is 0 Å². The number of thiophene rings is 1. The number of aryl methyl sites for hydroxylation is 1. The normalized spacial score (nSPS) is 17.9. The van der Waals surface area contributed by atoms with Gasteiger partial charge in [0.05, 0.1) is 0 Å². The fourth-order valence-corrected chi connectivity index (χ4v) is 5.38. The van der Waals surface area contributed by atoms with E-state index in [9.17, 15) is 8.42 Å². The number of hydrogen-bond acceptors (Lipinski definition) is 4. The third-order valence-corrected chi connectivity index (χ3v) is 7.24. The average Bonchev–Trinajstić information content (AvgIpc) is 2.89. The number of nitrogens with zero attached hydrogens (tertiary/aromatic N) is 1. The van der Waals surface area contributed by atoms with Gasteiger partial charge in [0.2, 0.25) is 0 Å². The molecule has 1 aliphatic heterocycles. The monoisotopic (exact) mass is 338 g/mol. The molecule has 1 aromatic rings. The molecule has 1 aliphatic rings. The average molecular weight is 339 g/mol. The molecule has 7 heteroatoms. The summed E-state index contributed by atoms with van der Waals surface area (Å²) in [5.41, 5.74) is 0. The highest BCUT2D eigenvalue weighted by molar-refractivity contribution is 7.91. The summed E-state index contributed by atoms with van der Waals surface area (Å²) in [6, 6.07) is 3.67. The first-order valence-electron chi connectivity index (χ1n) is 6.81. The third kappa shape index (κ3) is 3.95. The van der Waals surface area contributed by atoms with Crippen molar-refractivity contribution in [3.63, 3.8) is 0 Å². The van der Waals surface area contributed by atoms with Gasteiger partial charge in [-0.05, 0) is 50.9 Å². The zero-order chi connectivity index (χ0) is 13.9. The van der Waals surface area contributed by atoms with Gasteiger partial charge in [0.25, 0.3) is 10.0 Å². The summed E-state index contributed by atoms with van der Waals surface area (Å²) >= 11 is 1.40. The number of nitrogens with one attached hydrogen (secondary N) is 1. The molecule has 0 unspecified atom stereocenters. The van der Waals surface area contributed by atoms with Gasteiger partial charge in [-0.1, -0.05) is 6.92 Å². The van der Waals surface area contributed by atoms with Crippen LogP contribution in [0.3, 0.4) is 0 Å². The number of halogens is 1. The molecule has 0 amide bonds. The summed E-state index contributed by atoms with van der Waals surface area (Å²) in [4.78, 5) is 1.13. The molecule has 2 heterocycles. The van der Waals surface area contributed by atoms with Crippen molar-refractivity contribution in [1.82, 2.24) is 9.62 Å². The highest BCUT2D eigenvalue weighted by Gasteiger charge is 2.30. The molecule has 1 saturated heterocycles. The van der Waals surface area contributed by atoms with Gasteiger partial charge in [0.15, 0.2) is 0 Å². The van der Waals surface area contributed by atoms with Gasteiger partial charge in [-0.15, -0.1) is 23.7 Å². The number of hydrogen-bond donors (Lipinski definition) is 1. The van der Waals surface area contributed by atoms with Gasteiger partial charge < -0.3 is 5.32 Å². The van der Waals surface area contributed by atoms with Crippen LogP contribution in [0.2, 0.25) is 0 Å². The Hall–Kier alpha value is -0.140. The van der Waals surface area contributed by atoms with E-state index in [1.807, 2.05) is 20.0 Å². The summed E-state index contributed by atoms with van der Waals surface area (Å²) in [5, 5.41) is 3.17. The van der Waals surface area contributed by atoms with E-state index in [0.29, 0.717) is 23.2 Å². The second kappa shape index (κ2) is 7.75. The van der Waals surface area contributed by atoms with Gasteiger partial charge in [-0.3, -0.25) is 0 Å². The molecule has 20 heavy (non-hydrogen) atoms. The van der Waals surface area contributed by atoms with Crippen molar-refractivity contribution in [2.75, 3.05) is 26.7 Å². The van der Waals surface area contributed by atoms with Gasteiger partial charge >= 0.3 is 0 Å². The summed E-state index contributed by atoms with van der Waals surface area (Å²) in [5.74, 6) is 0.603. The minimum atomic E-state index is -3.26. The molecule has 0 atom stereocenters. The molecule has 0 bridgehead atoms. The lowest BCUT2D eigenvalue weighted by atomic mass is 9.98. The van der Waals surface area contributed by atoms with Crippen LogP contribution in [0.1, 0.15) is 24.6 Å². The van der Waals surface area contributed by atoms with Gasteiger partial charge in [-0.25, -0.2) is 8.42 Å².